The van der Waals surface area contributed by atoms with E-state index in [0.717, 1.165) is 17.3 Å². The van der Waals surface area contributed by atoms with Crippen molar-refractivity contribution in [2.75, 3.05) is 0 Å². The molecule has 0 bridgehead atoms. The van der Waals surface area contributed by atoms with Crippen LogP contribution < -0.4 is 0 Å². The quantitative estimate of drug-likeness (QED) is 0.757. The molecule has 1 aromatic rings. The highest BCUT2D eigenvalue weighted by Gasteiger charge is 2.19. The van der Waals surface area contributed by atoms with E-state index in [9.17, 15) is 0 Å². The summed E-state index contributed by atoms with van der Waals surface area (Å²) in [5, 5.41) is 1.20. The fourth-order valence-electron chi connectivity index (χ4n) is 2.22. The van der Waals surface area contributed by atoms with Crippen molar-refractivity contribution < 1.29 is 0 Å². The van der Waals surface area contributed by atoms with Crippen LogP contribution in [0.1, 0.15) is 57.0 Å². The van der Waals surface area contributed by atoms with E-state index in [-0.39, 0.29) is 0 Å². The van der Waals surface area contributed by atoms with E-state index in [4.69, 9.17) is 11.6 Å². The highest BCUT2D eigenvalue weighted by molar-refractivity contribution is 7.99. The lowest BCUT2D eigenvalue weighted by Crippen LogP contribution is -2.03. The molecule has 1 aromatic heterocycles. The predicted octanol–water partition coefficient (Wildman–Crippen LogP) is 4.43. The molecule has 0 atom stereocenters. The van der Waals surface area contributed by atoms with Crippen LogP contribution in [-0.4, -0.2) is 15.2 Å². The van der Waals surface area contributed by atoms with Crippen LogP contribution in [0.2, 0.25) is 5.15 Å². The Morgan fingerprint density at radius 2 is 2.06 bits per heavy atom. The molecule has 1 aliphatic carbocycles. The zero-order valence-corrected chi connectivity index (χ0v) is 12.0. The molecule has 1 saturated carbocycles. The van der Waals surface area contributed by atoms with E-state index >= 15 is 0 Å². The number of thioether (sulfide) groups is 1. The van der Waals surface area contributed by atoms with Crippen LogP contribution in [0.4, 0.5) is 0 Å². The minimum absolute atomic E-state index is 0.598. The van der Waals surface area contributed by atoms with E-state index in [0.29, 0.717) is 16.3 Å². The van der Waals surface area contributed by atoms with Gasteiger partial charge in [-0.05, 0) is 24.2 Å². The van der Waals surface area contributed by atoms with Crippen molar-refractivity contribution in [1.82, 2.24) is 9.97 Å². The van der Waals surface area contributed by atoms with Gasteiger partial charge in [-0.2, -0.15) is 11.8 Å². The second kappa shape index (κ2) is 6.05. The van der Waals surface area contributed by atoms with Crippen LogP contribution in [0, 0.1) is 0 Å². The molecule has 0 aliphatic heterocycles. The van der Waals surface area contributed by atoms with Crippen LogP contribution in [0.5, 0.6) is 0 Å². The SMILES string of the molecule is CC(C)SCc1nc(Cl)cc(C2CCCC2)n1. The third kappa shape index (κ3) is 3.85. The molecule has 1 fully saturated rings. The lowest BCUT2D eigenvalue weighted by Gasteiger charge is -2.11. The van der Waals surface area contributed by atoms with Gasteiger partial charge in [0.1, 0.15) is 11.0 Å². The Morgan fingerprint density at radius 1 is 1.35 bits per heavy atom. The molecule has 1 aliphatic rings. The van der Waals surface area contributed by atoms with Gasteiger partial charge in [0.2, 0.25) is 0 Å². The number of hydrogen-bond acceptors (Lipinski definition) is 3. The fourth-order valence-corrected chi connectivity index (χ4v) is 3.04. The summed E-state index contributed by atoms with van der Waals surface area (Å²) in [6.07, 6.45) is 5.15. The molecule has 0 unspecified atom stereocenters. The highest BCUT2D eigenvalue weighted by atomic mass is 35.5. The maximum Gasteiger partial charge on any atom is 0.140 e. The first kappa shape index (κ1) is 13.2. The van der Waals surface area contributed by atoms with Crippen molar-refractivity contribution >= 4 is 23.4 Å². The van der Waals surface area contributed by atoms with Crippen LogP contribution >= 0.6 is 23.4 Å². The largest absolute Gasteiger partial charge is 0.237 e. The van der Waals surface area contributed by atoms with Crippen molar-refractivity contribution in [1.29, 1.82) is 0 Å². The average Bonchev–Trinajstić information content (AvgIpc) is 2.79. The van der Waals surface area contributed by atoms with Crippen molar-refractivity contribution in [3.8, 4) is 0 Å². The number of hydrogen-bond donors (Lipinski definition) is 0. The zero-order chi connectivity index (χ0) is 12.3. The normalized spacial score (nSPS) is 16.9. The fraction of sp³-hybridized carbons (Fsp3) is 0.692. The van der Waals surface area contributed by atoms with Gasteiger partial charge >= 0.3 is 0 Å². The average molecular weight is 271 g/mol. The number of nitrogens with zero attached hydrogens (tertiary/aromatic N) is 2. The Morgan fingerprint density at radius 3 is 2.71 bits per heavy atom. The standard InChI is InChI=1S/C13H19ClN2S/c1-9(2)17-8-13-15-11(7-12(14)16-13)10-5-3-4-6-10/h7,9-10H,3-6,8H2,1-2H3. The topological polar surface area (TPSA) is 25.8 Å². The lowest BCUT2D eigenvalue weighted by atomic mass is 10.0. The van der Waals surface area contributed by atoms with Gasteiger partial charge in [0.15, 0.2) is 0 Å². The van der Waals surface area contributed by atoms with Crippen LogP contribution in [0.3, 0.4) is 0 Å². The Labute approximate surface area is 113 Å². The molecule has 2 nitrogen and oxygen atoms in total. The lowest BCUT2D eigenvalue weighted by molar-refractivity contribution is 0.688. The maximum atomic E-state index is 6.08. The van der Waals surface area contributed by atoms with E-state index in [1.54, 1.807) is 0 Å². The summed E-state index contributed by atoms with van der Waals surface area (Å²) in [5.74, 6) is 2.36. The number of halogens is 1. The van der Waals surface area contributed by atoms with Crippen molar-refractivity contribution in [3.05, 3.63) is 22.7 Å². The second-order valence-corrected chi connectivity index (χ2v) is 6.82. The molecule has 1 heterocycles. The molecule has 0 radical (unpaired) electrons. The summed E-state index contributed by atoms with van der Waals surface area (Å²) in [5.41, 5.74) is 1.15. The maximum absolute atomic E-state index is 6.08. The van der Waals surface area contributed by atoms with E-state index in [1.807, 2.05) is 17.8 Å². The molecule has 0 spiro atoms. The van der Waals surface area contributed by atoms with Crippen molar-refractivity contribution in [2.24, 2.45) is 0 Å². The van der Waals surface area contributed by atoms with Gasteiger partial charge in [-0.1, -0.05) is 38.3 Å². The monoisotopic (exact) mass is 270 g/mol. The third-order valence-electron chi connectivity index (χ3n) is 3.08. The third-order valence-corrected chi connectivity index (χ3v) is 4.37. The summed E-state index contributed by atoms with van der Waals surface area (Å²) in [7, 11) is 0. The molecule has 0 N–H and O–H groups in total. The zero-order valence-electron chi connectivity index (χ0n) is 10.4. The Balaban J connectivity index is 2.11. The summed E-state index contributed by atoms with van der Waals surface area (Å²) < 4.78 is 0. The molecule has 0 amide bonds. The van der Waals surface area contributed by atoms with Crippen molar-refractivity contribution in [3.63, 3.8) is 0 Å². The Hall–Kier alpha value is -0.280. The Bertz CT molecular complexity index is 376. The van der Waals surface area contributed by atoms with Crippen LogP contribution in [0.15, 0.2) is 6.07 Å². The summed E-state index contributed by atoms with van der Waals surface area (Å²) >= 11 is 7.94. The predicted molar refractivity (Wildman–Crippen MR) is 74.7 cm³/mol. The minimum Gasteiger partial charge on any atom is -0.237 e. The Kier molecular flexibility index (Phi) is 4.69. The number of rotatable bonds is 4. The van der Waals surface area contributed by atoms with Crippen molar-refractivity contribution in [2.45, 2.75) is 56.5 Å². The minimum atomic E-state index is 0.598. The second-order valence-electron chi connectivity index (χ2n) is 4.87. The van der Waals surface area contributed by atoms with Crippen LogP contribution in [-0.2, 0) is 5.75 Å². The van der Waals surface area contributed by atoms with Gasteiger partial charge in [0.05, 0.1) is 5.75 Å². The number of aromatic nitrogens is 2. The molecule has 2 rings (SSSR count). The molecule has 17 heavy (non-hydrogen) atoms. The van der Waals surface area contributed by atoms with Gasteiger partial charge in [0, 0.05) is 11.6 Å². The van der Waals surface area contributed by atoms with Gasteiger partial charge in [-0.15, -0.1) is 0 Å². The first-order chi connectivity index (χ1) is 8.15. The van der Waals surface area contributed by atoms with E-state index in [1.165, 1.54) is 25.7 Å². The van der Waals surface area contributed by atoms with Crippen LogP contribution in [0.25, 0.3) is 0 Å². The molecular formula is C13H19ClN2S. The first-order valence-electron chi connectivity index (χ1n) is 6.30. The van der Waals surface area contributed by atoms with Gasteiger partial charge in [-0.3, -0.25) is 0 Å². The van der Waals surface area contributed by atoms with E-state index in [2.05, 4.69) is 23.8 Å². The summed E-state index contributed by atoms with van der Waals surface area (Å²) in [6, 6.07) is 1.95. The van der Waals surface area contributed by atoms with E-state index < -0.39 is 0 Å². The smallest absolute Gasteiger partial charge is 0.140 e. The van der Waals surface area contributed by atoms with Gasteiger partial charge in [-0.25, -0.2) is 9.97 Å². The molecule has 94 valence electrons. The summed E-state index contributed by atoms with van der Waals surface area (Å²) in [4.78, 5) is 8.98. The van der Waals surface area contributed by atoms with Gasteiger partial charge < -0.3 is 0 Å². The van der Waals surface area contributed by atoms with Gasteiger partial charge in [0.25, 0.3) is 0 Å². The first-order valence-corrected chi connectivity index (χ1v) is 7.73. The molecular weight excluding hydrogens is 252 g/mol. The highest BCUT2D eigenvalue weighted by Crippen LogP contribution is 2.33. The molecule has 0 saturated heterocycles. The molecule has 4 heteroatoms. The summed E-state index contributed by atoms with van der Waals surface area (Å²) in [6.45, 7) is 4.38. The molecule has 0 aromatic carbocycles.